The molecule has 2 atom stereocenters. The van der Waals surface area contributed by atoms with Crippen molar-refractivity contribution in [3.8, 4) is 11.5 Å². The summed E-state index contributed by atoms with van der Waals surface area (Å²) in [5.41, 5.74) is 1.20. The molecule has 3 heteroatoms. The minimum Gasteiger partial charge on any atom is -0.504 e. The Morgan fingerprint density at radius 3 is 2.56 bits per heavy atom. The van der Waals surface area contributed by atoms with Crippen LogP contribution in [-0.4, -0.2) is 29.2 Å². The topological polar surface area (TPSA) is 32.7 Å². The molecule has 1 aromatic rings. The predicted octanol–water partition coefficient (Wildman–Crippen LogP) is 3.16. The lowest BCUT2D eigenvalue weighted by Crippen LogP contribution is -2.42. The highest BCUT2D eigenvalue weighted by atomic mass is 16.5. The summed E-state index contributed by atoms with van der Waals surface area (Å²) >= 11 is 0. The highest BCUT2D eigenvalue weighted by Gasteiger charge is 2.24. The number of nitrogens with zero attached hydrogens (tertiary/aromatic N) is 1. The van der Waals surface area contributed by atoms with Crippen molar-refractivity contribution in [3.63, 3.8) is 0 Å². The van der Waals surface area contributed by atoms with Crippen LogP contribution in [0.1, 0.15) is 38.7 Å². The minimum absolute atomic E-state index is 0.209. The quantitative estimate of drug-likeness (QED) is 0.893. The van der Waals surface area contributed by atoms with E-state index in [4.69, 9.17) is 4.74 Å². The average Bonchev–Trinajstić information content (AvgIpc) is 2.36. The first-order valence-corrected chi connectivity index (χ1v) is 6.73. The summed E-state index contributed by atoms with van der Waals surface area (Å²) in [7, 11) is 1.59. The molecule has 0 spiro atoms. The van der Waals surface area contributed by atoms with Crippen molar-refractivity contribution in [1.82, 2.24) is 4.90 Å². The Labute approximate surface area is 109 Å². The minimum atomic E-state index is 0.209. The third-order valence-electron chi connectivity index (χ3n) is 3.99. The number of hydrogen-bond acceptors (Lipinski definition) is 3. The van der Waals surface area contributed by atoms with E-state index in [9.17, 15) is 5.11 Å². The third-order valence-corrected chi connectivity index (χ3v) is 3.99. The summed E-state index contributed by atoms with van der Waals surface area (Å²) in [6.07, 6.45) is 3.89. The van der Waals surface area contributed by atoms with Crippen molar-refractivity contribution in [2.45, 2.75) is 51.7 Å². The Hall–Kier alpha value is -1.22. The predicted molar refractivity (Wildman–Crippen MR) is 73.0 cm³/mol. The van der Waals surface area contributed by atoms with Gasteiger partial charge in [0.15, 0.2) is 11.5 Å². The third kappa shape index (κ3) is 2.78. The van der Waals surface area contributed by atoms with Gasteiger partial charge in [0.1, 0.15) is 0 Å². The van der Waals surface area contributed by atoms with Crippen LogP contribution in [-0.2, 0) is 6.54 Å². The zero-order chi connectivity index (χ0) is 13.1. The molecule has 2 rings (SSSR count). The Morgan fingerprint density at radius 1 is 1.28 bits per heavy atom. The maximum atomic E-state index is 9.61. The molecule has 1 heterocycles. The van der Waals surface area contributed by atoms with Crippen LogP contribution in [0.25, 0.3) is 0 Å². The van der Waals surface area contributed by atoms with Crippen LogP contribution in [0.4, 0.5) is 0 Å². The summed E-state index contributed by atoms with van der Waals surface area (Å²) in [4.78, 5) is 2.54. The molecule has 0 aliphatic carbocycles. The fraction of sp³-hybridized carbons (Fsp3) is 0.600. The van der Waals surface area contributed by atoms with Crippen molar-refractivity contribution >= 4 is 0 Å². The van der Waals surface area contributed by atoms with Crippen LogP contribution in [0.5, 0.6) is 11.5 Å². The van der Waals surface area contributed by atoms with Crippen LogP contribution < -0.4 is 4.74 Å². The Bertz CT molecular complexity index is 395. The number of phenolic OH excluding ortho intramolecular Hbond substituents is 1. The highest BCUT2D eigenvalue weighted by Crippen LogP contribution is 2.29. The van der Waals surface area contributed by atoms with Crippen molar-refractivity contribution in [2.75, 3.05) is 7.11 Å². The van der Waals surface area contributed by atoms with E-state index >= 15 is 0 Å². The largest absolute Gasteiger partial charge is 0.504 e. The van der Waals surface area contributed by atoms with Gasteiger partial charge in [0, 0.05) is 18.6 Å². The fourth-order valence-corrected chi connectivity index (χ4v) is 2.82. The number of ether oxygens (including phenoxy) is 1. The highest BCUT2D eigenvalue weighted by molar-refractivity contribution is 5.41. The van der Waals surface area contributed by atoms with E-state index in [1.807, 2.05) is 12.1 Å². The molecule has 1 aliphatic heterocycles. The number of phenols is 1. The van der Waals surface area contributed by atoms with E-state index in [-0.39, 0.29) is 5.75 Å². The molecule has 1 aliphatic rings. The van der Waals surface area contributed by atoms with Gasteiger partial charge in [-0.1, -0.05) is 12.5 Å². The summed E-state index contributed by atoms with van der Waals surface area (Å²) in [5, 5.41) is 9.61. The molecule has 1 aromatic carbocycles. The molecule has 100 valence electrons. The van der Waals surface area contributed by atoms with Crippen molar-refractivity contribution in [1.29, 1.82) is 0 Å². The van der Waals surface area contributed by atoms with Gasteiger partial charge in [0.2, 0.25) is 0 Å². The molecule has 0 amide bonds. The van der Waals surface area contributed by atoms with Crippen LogP contribution in [0.2, 0.25) is 0 Å². The smallest absolute Gasteiger partial charge is 0.160 e. The number of hydrogen-bond donors (Lipinski definition) is 1. The lowest BCUT2D eigenvalue weighted by atomic mass is 9.96. The van der Waals surface area contributed by atoms with E-state index in [1.54, 1.807) is 13.2 Å². The van der Waals surface area contributed by atoms with Gasteiger partial charge in [-0.2, -0.15) is 0 Å². The van der Waals surface area contributed by atoms with Crippen molar-refractivity contribution in [3.05, 3.63) is 23.8 Å². The second-order valence-electron chi connectivity index (χ2n) is 5.31. The van der Waals surface area contributed by atoms with Crippen LogP contribution in [0.15, 0.2) is 18.2 Å². The van der Waals surface area contributed by atoms with Gasteiger partial charge in [-0.25, -0.2) is 0 Å². The van der Waals surface area contributed by atoms with Gasteiger partial charge in [-0.3, -0.25) is 4.90 Å². The second kappa shape index (κ2) is 5.61. The number of aromatic hydroxyl groups is 1. The van der Waals surface area contributed by atoms with E-state index in [2.05, 4.69) is 18.7 Å². The maximum Gasteiger partial charge on any atom is 0.160 e. The summed E-state index contributed by atoms with van der Waals surface area (Å²) in [5.74, 6) is 0.769. The zero-order valence-corrected chi connectivity index (χ0v) is 11.5. The zero-order valence-electron chi connectivity index (χ0n) is 11.5. The summed E-state index contributed by atoms with van der Waals surface area (Å²) < 4.78 is 5.16. The molecule has 18 heavy (non-hydrogen) atoms. The Balaban J connectivity index is 2.12. The molecule has 0 radical (unpaired) electrons. The fourth-order valence-electron chi connectivity index (χ4n) is 2.82. The molecular weight excluding hydrogens is 226 g/mol. The molecule has 1 fully saturated rings. The average molecular weight is 249 g/mol. The van der Waals surface area contributed by atoms with Gasteiger partial charge in [0.25, 0.3) is 0 Å². The summed E-state index contributed by atoms with van der Waals surface area (Å²) in [6, 6.07) is 6.89. The first-order valence-electron chi connectivity index (χ1n) is 6.73. The van der Waals surface area contributed by atoms with Crippen LogP contribution in [0, 0.1) is 0 Å². The second-order valence-corrected chi connectivity index (χ2v) is 5.31. The molecule has 3 nitrogen and oxygen atoms in total. The number of likely N-dealkylation sites (tertiary alicyclic amines) is 1. The SMILES string of the molecule is COc1cc(CN2C(C)CCCC2C)ccc1O. The molecule has 0 bridgehead atoms. The Morgan fingerprint density at radius 2 is 1.94 bits per heavy atom. The Kier molecular flexibility index (Phi) is 4.12. The standard InChI is InChI=1S/C15H23NO2/c1-11-5-4-6-12(2)16(11)10-13-7-8-14(17)15(9-13)18-3/h7-9,11-12,17H,4-6,10H2,1-3H3. The molecule has 0 saturated carbocycles. The number of piperidine rings is 1. The number of methoxy groups -OCH3 is 1. The van der Waals surface area contributed by atoms with E-state index < -0.39 is 0 Å². The lowest BCUT2D eigenvalue weighted by molar-refractivity contribution is 0.0952. The van der Waals surface area contributed by atoms with E-state index in [0.29, 0.717) is 17.8 Å². The monoisotopic (exact) mass is 249 g/mol. The summed E-state index contributed by atoms with van der Waals surface area (Å²) in [6.45, 7) is 5.53. The van der Waals surface area contributed by atoms with Crippen LogP contribution in [0.3, 0.4) is 0 Å². The van der Waals surface area contributed by atoms with Gasteiger partial charge >= 0.3 is 0 Å². The first kappa shape index (κ1) is 13.2. The van der Waals surface area contributed by atoms with Gasteiger partial charge in [-0.05, 0) is 44.4 Å². The van der Waals surface area contributed by atoms with Crippen molar-refractivity contribution < 1.29 is 9.84 Å². The molecule has 1 N–H and O–H groups in total. The normalized spacial score (nSPS) is 25.1. The molecule has 0 aromatic heterocycles. The van der Waals surface area contributed by atoms with Gasteiger partial charge in [-0.15, -0.1) is 0 Å². The number of benzene rings is 1. The molecule has 2 unspecified atom stereocenters. The van der Waals surface area contributed by atoms with Gasteiger partial charge in [0.05, 0.1) is 7.11 Å². The molecular formula is C15H23NO2. The molecule has 1 saturated heterocycles. The number of rotatable bonds is 3. The van der Waals surface area contributed by atoms with Crippen molar-refractivity contribution in [2.24, 2.45) is 0 Å². The van der Waals surface area contributed by atoms with Gasteiger partial charge < -0.3 is 9.84 Å². The first-order chi connectivity index (χ1) is 8.61. The van der Waals surface area contributed by atoms with E-state index in [1.165, 1.54) is 24.8 Å². The lowest BCUT2D eigenvalue weighted by Gasteiger charge is -2.39. The maximum absolute atomic E-state index is 9.61. The van der Waals surface area contributed by atoms with E-state index in [0.717, 1.165) is 6.54 Å². The van der Waals surface area contributed by atoms with Crippen LogP contribution >= 0.6 is 0 Å².